The van der Waals surface area contributed by atoms with E-state index in [4.69, 9.17) is 5.11 Å². The monoisotopic (exact) mass is 131 g/mol. The van der Waals surface area contributed by atoms with Crippen LogP contribution in [-0.4, -0.2) is 24.3 Å². The Labute approximate surface area is 57.3 Å². The van der Waals surface area contributed by atoms with Crippen molar-refractivity contribution in [1.82, 2.24) is 5.32 Å². The van der Waals surface area contributed by atoms with E-state index < -0.39 is 0 Å². The van der Waals surface area contributed by atoms with E-state index in [2.05, 4.69) is 19.2 Å². The smallest absolute Gasteiger partial charge is 0.0448 e. The second kappa shape index (κ2) is 3.85. The predicted molar refractivity (Wildman–Crippen MR) is 39.5 cm³/mol. The highest BCUT2D eigenvalue weighted by molar-refractivity contribution is 4.78. The fraction of sp³-hybridized carbons (Fsp3) is 1.00. The summed E-state index contributed by atoms with van der Waals surface area (Å²) >= 11 is 0. The molecule has 0 spiro atoms. The van der Waals surface area contributed by atoms with Crippen molar-refractivity contribution in [3.05, 3.63) is 0 Å². The van der Waals surface area contributed by atoms with Crippen LogP contribution in [0.4, 0.5) is 0 Å². The molecule has 56 valence electrons. The van der Waals surface area contributed by atoms with Crippen molar-refractivity contribution in [1.29, 1.82) is 0 Å². The van der Waals surface area contributed by atoms with Crippen LogP contribution in [0.1, 0.15) is 26.7 Å². The van der Waals surface area contributed by atoms with E-state index in [9.17, 15) is 0 Å². The van der Waals surface area contributed by atoms with Gasteiger partial charge in [0.2, 0.25) is 0 Å². The van der Waals surface area contributed by atoms with Gasteiger partial charge in [-0.2, -0.15) is 0 Å². The molecule has 0 rings (SSSR count). The van der Waals surface area contributed by atoms with Crippen LogP contribution in [-0.2, 0) is 0 Å². The fourth-order valence-corrected chi connectivity index (χ4v) is 0.725. The van der Waals surface area contributed by atoms with Crippen molar-refractivity contribution in [2.75, 3.05) is 13.7 Å². The Balaban J connectivity index is 3.62. The molecule has 2 nitrogen and oxygen atoms in total. The van der Waals surface area contributed by atoms with Gasteiger partial charge in [0.05, 0.1) is 0 Å². The third kappa shape index (κ3) is 2.82. The highest BCUT2D eigenvalue weighted by Crippen LogP contribution is 2.11. The molecular formula is C7H17NO. The molecule has 0 saturated carbocycles. The summed E-state index contributed by atoms with van der Waals surface area (Å²) in [6.07, 6.45) is 1.89. The standard InChI is InChI=1S/C7H17NO/c1-4-7(2,8-3)5-6-9/h8-9H,4-6H2,1-3H3. The highest BCUT2D eigenvalue weighted by atomic mass is 16.3. The van der Waals surface area contributed by atoms with Crippen LogP contribution >= 0.6 is 0 Å². The second-order valence-electron chi connectivity index (χ2n) is 2.64. The van der Waals surface area contributed by atoms with Crippen molar-refractivity contribution in [2.45, 2.75) is 32.2 Å². The summed E-state index contributed by atoms with van der Waals surface area (Å²) in [4.78, 5) is 0. The molecule has 1 unspecified atom stereocenters. The van der Waals surface area contributed by atoms with E-state index in [0.29, 0.717) is 0 Å². The normalized spacial score (nSPS) is 17.3. The first-order valence-corrected chi connectivity index (χ1v) is 3.48. The molecule has 0 heterocycles. The Morgan fingerprint density at radius 3 is 2.22 bits per heavy atom. The first-order valence-electron chi connectivity index (χ1n) is 3.48. The van der Waals surface area contributed by atoms with Crippen LogP contribution in [0, 0.1) is 0 Å². The number of nitrogens with one attached hydrogen (secondary N) is 1. The van der Waals surface area contributed by atoms with Crippen molar-refractivity contribution >= 4 is 0 Å². The molecule has 2 heteroatoms. The van der Waals surface area contributed by atoms with Gasteiger partial charge >= 0.3 is 0 Å². The Bertz CT molecular complexity index is 69.3. The Morgan fingerprint density at radius 2 is 2.11 bits per heavy atom. The van der Waals surface area contributed by atoms with Gasteiger partial charge < -0.3 is 10.4 Å². The van der Waals surface area contributed by atoms with E-state index in [0.717, 1.165) is 12.8 Å². The van der Waals surface area contributed by atoms with Gasteiger partial charge in [0.15, 0.2) is 0 Å². The molecule has 1 atom stereocenters. The third-order valence-corrected chi connectivity index (χ3v) is 2.05. The van der Waals surface area contributed by atoms with Gasteiger partial charge in [-0.3, -0.25) is 0 Å². The first kappa shape index (κ1) is 8.92. The molecule has 0 bridgehead atoms. The quantitative estimate of drug-likeness (QED) is 0.590. The maximum atomic E-state index is 8.62. The summed E-state index contributed by atoms with van der Waals surface area (Å²) in [7, 11) is 1.93. The topological polar surface area (TPSA) is 32.3 Å². The predicted octanol–water partition coefficient (Wildman–Crippen LogP) is 0.757. The molecule has 2 N–H and O–H groups in total. The lowest BCUT2D eigenvalue weighted by Gasteiger charge is -2.26. The van der Waals surface area contributed by atoms with Crippen LogP contribution in [0.5, 0.6) is 0 Å². The van der Waals surface area contributed by atoms with E-state index in [-0.39, 0.29) is 12.1 Å². The molecular weight excluding hydrogens is 114 g/mol. The maximum Gasteiger partial charge on any atom is 0.0448 e. The average molecular weight is 131 g/mol. The van der Waals surface area contributed by atoms with Gasteiger partial charge in [0.25, 0.3) is 0 Å². The Hall–Kier alpha value is -0.0800. The van der Waals surface area contributed by atoms with Gasteiger partial charge in [0.1, 0.15) is 0 Å². The third-order valence-electron chi connectivity index (χ3n) is 2.05. The molecule has 0 amide bonds. The minimum atomic E-state index is 0.134. The largest absolute Gasteiger partial charge is 0.396 e. The van der Waals surface area contributed by atoms with Crippen molar-refractivity contribution < 1.29 is 5.11 Å². The molecule has 0 aliphatic rings. The first-order chi connectivity index (χ1) is 4.18. The molecule has 0 aromatic heterocycles. The van der Waals surface area contributed by atoms with Crippen LogP contribution in [0.15, 0.2) is 0 Å². The fourth-order valence-electron chi connectivity index (χ4n) is 0.725. The average Bonchev–Trinajstić information content (AvgIpc) is 1.89. The van der Waals surface area contributed by atoms with Gasteiger partial charge in [-0.1, -0.05) is 6.92 Å². The molecule has 9 heavy (non-hydrogen) atoms. The zero-order valence-electron chi connectivity index (χ0n) is 6.57. The zero-order chi connectivity index (χ0) is 7.33. The van der Waals surface area contributed by atoms with Crippen LogP contribution in [0.2, 0.25) is 0 Å². The summed E-state index contributed by atoms with van der Waals surface area (Å²) in [6, 6.07) is 0. The lowest BCUT2D eigenvalue weighted by atomic mass is 9.96. The van der Waals surface area contributed by atoms with Crippen LogP contribution in [0.25, 0.3) is 0 Å². The number of aliphatic hydroxyl groups is 1. The maximum absolute atomic E-state index is 8.62. The van der Waals surface area contributed by atoms with Gasteiger partial charge in [-0.15, -0.1) is 0 Å². The lowest BCUT2D eigenvalue weighted by molar-refractivity contribution is 0.223. The van der Waals surface area contributed by atoms with Crippen molar-refractivity contribution in [3.63, 3.8) is 0 Å². The summed E-state index contributed by atoms with van der Waals surface area (Å²) in [5, 5.41) is 11.8. The van der Waals surface area contributed by atoms with E-state index in [1.807, 2.05) is 7.05 Å². The molecule has 0 aliphatic heterocycles. The van der Waals surface area contributed by atoms with Crippen LogP contribution in [0.3, 0.4) is 0 Å². The van der Waals surface area contributed by atoms with Crippen molar-refractivity contribution in [3.8, 4) is 0 Å². The van der Waals surface area contributed by atoms with Crippen LogP contribution < -0.4 is 5.32 Å². The molecule has 0 aliphatic carbocycles. The number of hydrogen-bond acceptors (Lipinski definition) is 2. The summed E-state index contributed by atoms with van der Waals surface area (Å²) in [5.41, 5.74) is 0.134. The Morgan fingerprint density at radius 1 is 1.56 bits per heavy atom. The lowest BCUT2D eigenvalue weighted by Crippen LogP contribution is -2.39. The minimum absolute atomic E-state index is 0.134. The van der Waals surface area contributed by atoms with Gasteiger partial charge in [-0.25, -0.2) is 0 Å². The summed E-state index contributed by atoms with van der Waals surface area (Å²) < 4.78 is 0. The number of rotatable bonds is 4. The zero-order valence-corrected chi connectivity index (χ0v) is 6.57. The molecule has 0 aromatic rings. The number of hydrogen-bond donors (Lipinski definition) is 2. The molecule has 0 radical (unpaired) electrons. The summed E-state index contributed by atoms with van der Waals surface area (Å²) in [6.45, 7) is 4.50. The Kier molecular flexibility index (Phi) is 3.82. The minimum Gasteiger partial charge on any atom is -0.396 e. The van der Waals surface area contributed by atoms with Crippen molar-refractivity contribution in [2.24, 2.45) is 0 Å². The summed E-state index contributed by atoms with van der Waals surface area (Å²) in [5.74, 6) is 0. The molecule has 0 saturated heterocycles. The van der Waals surface area contributed by atoms with E-state index in [1.165, 1.54) is 0 Å². The second-order valence-corrected chi connectivity index (χ2v) is 2.64. The molecule has 0 aromatic carbocycles. The highest BCUT2D eigenvalue weighted by Gasteiger charge is 2.17. The van der Waals surface area contributed by atoms with E-state index in [1.54, 1.807) is 0 Å². The van der Waals surface area contributed by atoms with Gasteiger partial charge in [-0.05, 0) is 26.8 Å². The number of aliphatic hydroxyl groups excluding tert-OH is 1. The van der Waals surface area contributed by atoms with Gasteiger partial charge in [0, 0.05) is 12.1 Å². The van der Waals surface area contributed by atoms with E-state index >= 15 is 0 Å². The molecule has 0 fully saturated rings. The SMILES string of the molecule is CCC(C)(CCO)NC.